The maximum Gasteiger partial charge on any atom is 0.347 e. The molecule has 0 unspecified atom stereocenters. The number of nitrogens with two attached hydrogens (primary N) is 1. The topological polar surface area (TPSA) is 76.5 Å². The molecule has 0 radical (unpaired) electrons. The van der Waals surface area contributed by atoms with Crippen LogP contribution in [-0.2, 0) is 0 Å². The Morgan fingerprint density at radius 3 is 2.44 bits per heavy atom. The highest BCUT2D eigenvalue weighted by molar-refractivity contribution is 5.70. The van der Waals surface area contributed by atoms with Gasteiger partial charge in [-0.05, 0) is 24.6 Å². The molecule has 0 aliphatic rings. The minimum atomic E-state index is -0.553. The third-order valence-corrected chi connectivity index (χ3v) is 2.25. The van der Waals surface area contributed by atoms with Crippen molar-refractivity contribution in [2.24, 2.45) is 0 Å². The Bertz CT molecular complexity index is 570. The molecule has 16 heavy (non-hydrogen) atoms. The van der Waals surface area contributed by atoms with Crippen LogP contribution in [0.3, 0.4) is 0 Å². The molecule has 1 heterocycles. The van der Waals surface area contributed by atoms with E-state index in [-0.39, 0.29) is 11.3 Å². The number of anilines is 1. The van der Waals surface area contributed by atoms with Gasteiger partial charge in [0.1, 0.15) is 17.1 Å². The summed E-state index contributed by atoms with van der Waals surface area (Å²) in [4.78, 5) is 11.6. The zero-order chi connectivity index (χ0) is 11.7. The molecule has 1 aromatic carbocycles. The van der Waals surface area contributed by atoms with Gasteiger partial charge >= 0.3 is 5.63 Å². The summed E-state index contributed by atoms with van der Waals surface area (Å²) < 4.78 is 4.93. The first-order valence-electron chi connectivity index (χ1n) is 4.77. The van der Waals surface area contributed by atoms with E-state index in [1.807, 2.05) is 0 Å². The summed E-state index contributed by atoms with van der Waals surface area (Å²) in [6.45, 7) is 1.61. The highest BCUT2D eigenvalue weighted by Gasteiger charge is 2.11. The smallest absolute Gasteiger partial charge is 0.347 e. The van der Waals surface area contributed by atoms with Gasteiger partial charge in [-0.15, -0.1) is 0 Å². The van der Waals surface area contributed by atoms with Gasteiger partial charge in [0.25, 0.3) is 0 Å². The van der Waals surface area contributed by atoms with Crippen molar-refractivity contribution >= 4 is 5.69 Å². The first-order valence-corrected chi connectivity index (χ1v) is 4.77. The molecule has 0 spiro atoms. The van der Waals surface area contributed by atoms with Gasteiger partial charge in [0, 0.05) is 11.8 Å². The number of aromatic hydroxyl groups is 1. The van der Waals surface area contributed by atoms with Crippen LogP contribution in [0.25, 0.3) is 11.1 Å². The van der Waals surface area contributed by atoms with Crippen LogP contribution in [0, 0.1) is 6.92 Å². The van der Waals surface area contributed by atoms with E-state index >= 15 is 0 Å². The van der Waals surface area contributed by atoms with Crippen molar-refractivity contribution in [1.82, 2.24) is 0 Å². The molecular formula is C12H11NO3. The van der Waals surface area contributed by atoms with Crippen molar-refractivity contribution in [3.05, 3.63) is 46.5 Å². The summed E-state index contributed by atoms with van der Waals surface area (Å²) in [6.07, 6.45) is 0. The second-order valence-electron chi connectivity index (χ2n) is 3.53. The van der Waals surface area contributed by atoms with E-state index in [9.17, 15) is 9.90 Å². The summed E-state index contributed by atoms with van der Waals surface area (Å²) in [7, 11) is 0. The highest BCUT2D eigenvalue weighted by Crippen LogP contribution is 2.26. The van der Waals surface area contributed by atoms with Crippen molar-refractivity contribution in [3.8, 4) is 16.9 Å². The second-order valence-corrected chi connectivity index (χ2v) is 3.53. The molecule has 0 aliphatic heterocycles. The maximum atomic E-state index is 11.6. The number of hydrogen-bond donors (Lipinski definition) is 2. The van der Waals surface area contributed by atoms with Crippen LogP contribution in [0.5, 0.6) is 5.75 Å². The Labute approximate surface area is 92.0 Å². The zero-order valence-corrected chi connectivity index (χ0v) is 8.73. The maximum absolute atomic E-state index is 11.6. The zero-order valence-electron chi connectivity index (χ0n) is 8.73. The fraction of sp³-hybridized carbons (Fsp3) is 0.0833. The Hall–Kier alpha value is -2.23. The van der Waals surface area contributed by atoms with Crippen LogP contribution < -0.4 is 11.4 Å². The van der Waals surface area contributed by atoms with Gasteiger partial charge < -0.3 is 15.3 Å². The molecule has 82 valence electrons. The standard InChI is InChI=1S/C12H11NO3/c1-7-6-10(14)11(12(15)16-7)8-2-4-9(13)5-3-8/h2-6,14H,13H2,1H3. The first kappa shape index (κ1) is 10.3. The molecule has 0 bridgehead atoms. The molecular weight excluding hydrogens is 206 g/mol. The molecule has 0 amide bonds. The van der Waals surface area contributed by atoms with Crippen LogP contribution in [0.1, 0.15) is 5.76 Å². The molecule has 0 saturated heterocycles. The number of hydrogen-bond acceptors (Lipinski definition) is 4. The quantitative estimate of drug-likeness (QED) is 0.715. The molecule has 0 fully saturated rings. The Kier molecular flexibility index (Phi) is 2.40. The van der Waals surface area contributed by atoms with Crippen molar-refractivity contribution in [2.45, 2.75) is 6.92 Å². The Morgan fingerprint density at radius 1 is 1.25 bits per heavy atom. The van der Waals surface area contributed by atoms with Crippen LogP contribution in [0.4, 0.5) is 5.69 Å². The Balaban J connectivity index is 2.65. The lowest BCUT2D eigenvalue weighted by Gasteiger charge is -2.04. The SMILES string of the molecule is Cc1cc(O)c(-c2ccc(N)cc2)c(=O)o1. The molecule has 1 aromatic heterocycles. The van der Waals surface area contributed by atoms with Crippen LogP contribution in [-0.4, -0.2) is 5.11 Å². The molecule has 0 aliphatic carbocycles. The van der Waals surface area contributed by atoms with Crippen LogP contribution in [0.2, 0.25) is 0 Å². The lowest BCUT2D eigenvalue weighted by molar-refractivity contribution is 0.438. The number of rotatable bonds is 1. The van der Waals surface area contributed by atoms with E-state index in [4.69, 9.17) is 10.2 Å². The van der Waals surface area contributed by atoms with Crippen molar-refractivity contribution in [2.75, 3.05) is 5.73 Å². The van der Waals surface area contributed by atoms with Gasteiger partial charge in [0.2, 0.25) is 0 Å². The molecule has 2 rings (SSSR count). The molecule has 3 N–H and O–H groups in total. The monoisotopic (exact) mass is 217 g/mol. The Morgan fingerprint density at radius 2 is 1.88 bits per heavy atom. The van der Waals surface area contributed by atoms with E-state index in [1.54, 1.807) is 31.2 Å². The van der Waals surface area contributed by atoms with Gasteiger partial charge in [-0.1, -0.05) is 12.1 Å². The van der Waals surface area contributed by atoms with Crippen LogP contribution in [0.15, 0.2) is 39.5 Å². The lowest BCUT2D eigenvalue weighted by Crippen LogP contribution is -2.03. The summed E-state index contributed by atoms with van der Waals surface area (Å²) in [5.74, 6) is 0.292. The summed E-state index contributed by atoms with van der Waals surface area (Å²) >= 11 is 0. The first-order chi connectivity index (χ1) is 7.58. The largest absolute Gasteiger partial charge is 0.507 e. The molecule has 2 aromatic rings. The normalized spacial score (nSPS) is 10.3. The van der Waals surface area contributed by atoms with E-state index in [2.05, 4.69) is 0 Å². The highest BCUT2D eigenvalue weighted by atomic mass is 16.4. The van der Waals surface area contributed by atoms with Crippen molar-refractivity contribution in [3.63, 3.8) is 0 Å². The predicted molar refractivity (Wildman–Crippen MR) is 61.2 cm³/mol. The van der Waals surface area contributed by atoms with Crippen molar-refractivity contribution in [1.29, 1.82) is 0 Å². The summed E-state index contributed by atoms with van der Waals surface area (Å²) in [5.41, 5.74) is 6.33. The average molecular weight is 217 g/mol. The van der Waals surface area contributed by atoms with E-state index in [1.165, 1.54) is 6.07 Å². The predicted octanol–water partition coefficient (Wildman–Crippen LogP) is 1.90. The minimum absolute atomic E-state index is 0.0847. The number of nitrogen functional groups attached to an aromatic ring is 1. The molecule has 4 nitrogen and oxygen atoms in total. The van der Waals surface area contributed by atoms with Crippen molar-refractivity contribution < 1.29 is 9.52 Å². The lowest BCUT2D eigenvalue weighted by atomic mass is 10.1. The fourth-order valence-electron chi connectivity index (χ4n) is 1.51. The molecule has 0 saturated carbocycles. The third kappa shape index (κ3) is 1.77. The van der Waals surface area contributed by atoms with E-state index < -0.39 is 5.63 Å². The molecule has 4 heteroatoms. The van der Waals surface area contributed by atoms with Gasteiger partial charge in [0.15, 0.2) is 0 Å². The van der Waals surface area contributed by atoms with Gasteiger partial charge in [-0.3, -0.25) is 0 Å². The number of benzene rings is 1. The number of aryl methyl sites for hydroxylation is 1. The third-order valence-electron chi connectivity index (χ3n) is 2.25. The average Bonchev–Trinajstić information content (AvgIpc) is 2.19. The van der Waals surface area contributed by atoms with E-state index in [0.717, 1.165) is 0 Å². The molecule has 0 atom stereocenters. The second kappa shape index (κ2) is 3.73. The fourth-order valence-corrected chi connectivity index (χ4v) is 1.51. The summed E-state index contributed by atoms with van der Waals surface area (Å²) in [5, 5.41) is 9.70. The van der Waals surface area contributed by atoms with Crippen LogP contribution >= 0.6 is 0 Å². The summed E-state index contributed by atoms with van der Waals surface area (Å²) in [6, 6.07) is 8.06. The van der Waals surface area contributed by atoms with Gasteiger partial charge in [-0.25, -0.2) is 4.79 Å². The van der Waals surface area contributed by atoms with Gasteiger partial charge in [0.05, 0.1) is 0 Å². The van der Waals surface area contributed by atoms with E-state index in [0.29, 0.717) is 17.0 Å². The van der Waals surface area contributed by atoms with Gasteiger partial charge in [-0.2, -0.15) is 0 Å². The minimum Gasteiger partial charge on any atom is -0.507 e.